The number of hydrogen-bond acceptors (Lipinski definition) is 1. The minimum absolute atomic E-state index is 0.0669. The van der Waals surface area contributed by atoms with Crippen LogP contribution in [-0.4, -0.2) is 6.04 Å². The zero-order valence-electron chi connectivity index (χ0n) is 8.89. The fourth-order valence-corrected chi connectivity index (χ4v) is 2.19. The van der Waals surface area contributed by atoms with Gasteiger partial charge in [-0.3, -0.25) is 0 Å². The van der Waals surface area contributed by atoms with Gasteiger partial charge in [0.25, 0.3) is 0 Å². The second kappa shape index (κ2) is 4.72. The quantitative estimate of drug-likeness (QED) is 0.788. The van der Waals surface area contributed by atoms with E-state index in [1.54, 1.807) is 6.07 Å². The molecule has 1 aromatic carbocycles. The van der Waals surface area contributed by atoms with Crippen LogP contribution >= 0.6 is 15.9 Å². The van der Waals surface area contributed by atoms with Crippen molar-refractivity contribution in [3.63, 3.8) is 0 Å². The molecule has 0 aromatic heterocycles. The first-order valence-corrected chi connectivity index (χ1v) is 6.04. The summed E-state index contributed by atoms with van der Waals surface area (Å²) in [7, 11) is 0. The minimum atomic E-state index is -4.34. The molecule has 0 aliphatic heterocycles. The molecule has 0 radical (unpaired) electrons. The van der Waals surface area contributed by atoms with E-state index in [0.29, 0.717) is 4.47 Å². The molecule has 0 saturated heterocycles. The van der Waals surface area contributed by atoms with Crippen molar-refractivity contribution in [3.8, 4) is 0 Å². The first-order valence-electron chi connectivity index (χ1n) is 5.25. The molecule has 0 bridgehead atoms. The molecule has 1 aromatic rings. The fourth-order valence-electron chi connectivity index (χ4n) is 1.83. The first kappa shape index (κ1) is 12.5. The molecule has 92 valence electrons. The van der Waals surface area contributed by atoms with E-state index in [0.717, 1.165) is 18.9 Å². The maximum absolute atomic E-state index is 12.8. The van der Waals surface area contributed by atoms with E-state index in [1.165, 1.54) is 6.07 Å². The second-order valence-electron chi connectivity index (χ2n) is 3.97. The Bertz CT molecular complexity index is 432. The highest BCUT2D eigenvalue weighted by Gasteiger charge is 2.34. The molecule has 1 aliphatic carbocycles. The van der Waals surface area contributed by atoms with E-state index in [9.17, 15) is 13.2 Å². The lowest BCUT2D eigenvalue weighted by Crippen LogP contribution is -2.18. The van der Waals surface area contributed by atoms with E-state index < -0.39 is 11.7 Å². The fraction of sp³-hybridized carbons (Fsp3) is 0.333. The van der Waals surface area contributed by atoms with Crippen LogP contribution in [0.25, 0.3) is 0 Å². The van der Waals surface area contributed by atoms with Crippen LogP contribution in [0.15, 0.2) is 34.8 Å². The number of hydrogen-bond donors (Lipinski definition) is 1. The zero-order valence-corrected chi connectivity index (χ0v) is 10.5. The Labute approximate surface area is 106 Å². The Kier molecular flexibility index (Phi) is 3.47. The molecule has 0 heterocycles. The number of anilines is 1. The van der Waals surface area contributed by atoms with Crippen molar-refractivity contribution < 1.29 is 13.2 Å². The van der Waals surface area contributed by atoms with Gasteiger partial charge in [0, 0.05) is 16.2 Å². The highest BCUT2D eigenvalue weighted by Crippen LogP contribution is 2.37. The molecule has 0 atom stereocenters. The van der Waals surface area contributed by atoms with Crippen molar-refractivity contribution in [2.24, 2.45) is 0 Å². The van der Waals surface area contributed by atoms with Gasteiger partial charge in [-0.1, -0.05) is 28.1 Å². The smallest absolute Gasteiger partial charge is 0.381 e. The van der Waals surface area contributed by atoms with Crippen LogP contribution in [0, 0.1) is 0 Å². The molecule has 0 spiro atoms. The van der Waals surface area contributed by atoms with Gasteiger partial charge in [0.2, 0.25) is 0 Å². The van der Waals surface area contributed by atoms with Crippen molar-refractivity contribution in [2.75, 3.05) is 5.32 Å². The van der Waals surface area contributed by atoms with Gasteiger partial charge in [-0.05, 0) is 31.0 Å². The van der Waals surface area contributed by atoms with Crippen molar-refractivity contribution in [2.45, 2.75) is 25.1 Å². The molecule has 5 heteroatoms. The summed E-state index contributed by atoms with van der Waals surface area (Å²) in [6.07, 6.45) is 1.16. The first-order chi connectivity index (χ1) is 7.97. The lowest BCUT2D eigenvalue weighted by Gasteiger charge is -2.19. The maximum atomic E-state index is 12.8. The summed E-state index contributed by atoms with van der Waals surface area (Å²) < 4.78 is 38.9. The standard InChI is InChI=1S/C12H11BrF3N/c13-8-5-6-11(10(7-8)12(14,15)16)17-9-3-1-2-4-9/h1-2,5-7,9,17H,3-4H2. The van der Waals surface area contributed by atoms with E-state index in [2.05, 4.69) is 21.2 Å². The molecule has 0 unspecified atom stereocenters. The average molecular weight is 306 g/mol. The van der Waals surface area contributed by atoms with Crippen molar-refractivity contribution in [1.29, 1.82) is 0 Å². The van der Waals surface area contributed by atoms with Crippen LogP contribution in [0.3, 0.4) is 0 Å². The van der Waals surface area contributed by atoms with Gasteiger partial charge in [-0.25, -0.2) is 0 Å². The number of benzene rings is 1. The summed E-state index contributed by atoms with van der Waals surface area (Å²) >= 11 is 3.06. The summed E-state index contributed by atoms with van der Waals surface area (Å²) in [6.45, 7) is 0. The topological polar surface area (TPSA) is 12.0 Å². The summed E-state index contributed by atoms with van der Waals surface area (Å²) in [5, 5.41) is 2.94. The summed E-state index contributed by atoms with van der Waals surface area (Å²) in [5.74, 6) is 0. The van der Waals surface area contributed by atoms with Crippen molar-refractivity contribution >= 4 is 21.6 Å². The Morgan fingerprint density at radius 3 is 2.41 bits per heavy atom. The van der Waals surface area contributed by atoms with Gasteiger partial charge in [0.15, 0.2) is 0 Å². The van der Waals surface area contributed by atoms with Crippen molar-refractivity contribution in [1.82, 2.24) is 0 Å². The average Bonchev–Trinajstić information content (AvgIpc) is 2.72. The van der Waals surface area contributed by atoms with Crippen LogP contribution in [-0.2, 0) is 6.18 Å². The van der Waals surface area contributed by atoms with Gasteiger partial charge in [-0.2, -0.15) is 13.2 Å². The summed E-state index contributed by atoms with van der Waals surface area (Å²) in [5.41, 5.74) is -0.479. The monoisotopic (exact) mass is 305 g/mol. The lowest BCUT2D eigenvalue weighted by molar-refractivity contribution is -0.137. The van der Waals surface area contributed by atoms with Gasteiger partial charge in [0.05, 0.1) is 5.56 Å². The summed E-state index contributed by atoms with van der Waals surface area (Å²) in [6, 6.07) is 4.24. The largest absolute Gasteiger partial charge is 0.418 e. The number of alkyl halides is 3. The minimum Gasteiger partial charge on any atom is -0.381 e. The highest BCUT2D eigenvalue weighted by atomic mass is 79.9. The number of rotatable bonds is 2. The predicted octanol–water partition coefficient (Wildman–Crippen LogP) is 4.60. The Balaban J connectivity index is 2.26. The molecular formula is C12H11BrF3N. The normalized spacial score (nSPS) is 16.5. The number of nitrogens with one attached hydrogen (secondary N) is 1. The molecule has 0 saturated carbocycles. The van der Waals surface area contributed by atoms with E-state index in [4.69, 9.17) is 0 Å². The molecule has 0 fully saturated rings. The highest BCUT2D eigenvalue weighted by molar-refractivity contribution is 9.10. The molecule has 1 aliphatic rings. The van der Waals surface area contributed by atoms with Gasteiger partial charge < -0.3 is 5.32 Å². The molecule has 2 rings (SSSR count). The maximum Gasteiger partial charge on any atom is 0.418 e. The third-order valence-corrected chi connectivity index (χ3v) is 3.15. The molecule has 17 heavy (non-hydrogen) atoms. The Morgan fingerprint density at radius 1 is 1.18 bits per heavy atom. The molecule has 0 amide bonds. The number of halogens is 4. The van der Waals surface area contributed by atoms with E-state index >= 15 is 0 Å². The third-order valence-electron chi connectivity index (χ3n) is 2.65. The lowest BCUT2D eigenvalue weighted by atomic mass is 10.1. The second-order valence-corrected chi connectivity index (χ2v) is 4.89. The zero-order chi connectivity index (χ0) is 12.5. The van der Waals surface area contributed by atoms with Crippen molar-refractivity contribution in [3.05, 3.63) is 40.4 Å². The Morgan fingerprint density at radius 2 is 1.82 bits per heavy atom. The van der Waals surface area contributed by atoms with Crippen LogP contribution < -0.4 is 5.32 Å². The van der Waals surface area contributed by atoms with Gasteiger partial charge >= 0.3 is 6.18 Å². The van der Waals surface area contributed by atoms with Crippen LogP contribution in [0.4, 0.5) is 18.9 Å². The van der Waals surface area contributed by atoms with Crippen LogP contribution in [0.5, 0.6) is 0 Å². The summed E-state index contributed by atoms with van der Waals surface area (Å²) in [4.78, 5) is 0. The molecular weight excluding hydrogens is 295 g/mol. The molecule has 1 N–H and O–H groups in total. The van der Waals surface area contributed by atoms with Crippen LogP contribution in [0.1, 0.15) is 18.4 Å². The van der Waals surface area contributed by atoms with E-state index in [1.807, 2.05) is 12.2 Å². The van der Waals surface area contributed by atoms with Crippen LogP contribution in [0.2, 0.25) is 0 Å². The SMILES string of the molecule is FC(F)(F)c1cc(Br)ccc1NC1CC=CC1. The van der Waals surface area contributed by atoms with Gasteiger partial charge in [-0.15, -0.1) is 0 Å². The van der Waals surface area contributed by atoms with Gasteiger partial charge in [0.1, 0.15) is 0 Å². The molecule has 1 nitrogen and oxygen atoms in total. The van der Waals surface area contributed by atoms with E-state index in [-0.39, 0.29) is 11.7 Å². The predicted molar refractivity (Wildman–Crippen MR) is 64.9 cm³/mol. The third kappa shape index (κ3) is 3.03. The Hall–Kier alpha value is -0.970.